The molecule has 2 aliphatic heterocycles. The third kappa shape index (κ3) is 3.65. The van der Waals surface area contributed by atoms with Crippen LogP contribution in [0.25, 0.3) is 33.6 Å². The number of hydrogen-bond donors (Lipinski definition) is 1. The van der Waals surface area contributed by atoms with Crippen molar-refractivity contribution < 1.29 is 22.6 Å². The molecule has 1 N–H and O–H groups in total. The predicted octanol–water partition coefficient (Wildman–Crippen LogP) is 3.57. The van der Waals surface area contributed by atoms with E-state index in [1.165, 1.54) is 12.3 Å². The van der Waals surface area contributed by atoms with Gasteiger partial charge in [0.05, 0.1) is 11.7 Å². The van der Waals surface area contributed by atoms with Crippen LogP contribution in [0.3, 0.4) is 0 Å². The number of rotatable bonds is 3. The lowest BCUT2D eigenvalue weighted by Gasteiger charge is -2.39. The highest BCUT2D eigenvalue weighted by Gasteiger charge is 2.35. The average molecular weight is 496 g/mol. The fourth-order valence-electron chi connectivity index (χ4n) is 4.33. The first-order valence-corrected chi connectivity index (χ1v) is 10.6. The van der Waals surface area contributed by atoms with E-state index in [1.807, 2.05) is 9.47 Å². The van der Waals surface area contributed by atoms with Crippen LogP contribution in [0, 0.1) is 0 Å². The van der Waals surface area contributed by atoms with Crippen LogP contribution >= 0.6 is 12.4 Å². The van der Waals surface area contributed by atoms with E-state index in [-0.39, 0.29) is 29.5 Å². The van der Waals surface area contributed by atoms with E-state index in [9.17, 15) is 13.2 Å². The van der Waals surface area contributed by atoms with Crippen molar-refractivity contribution in [3.8, 4) is 11.4 Å². The molecule has 0 amide bonds. The first-order chi connectivity index (χ1) is 15.9. The minimum atomic E-state index is -4.50. The van der Waals surface area contributed by atoms with Crippen molar-refractivity contribution in [3.05, 3.63) is 29.8 Å². The molecule has 0 radical (unpaired) electrons. The Balaban J connectivity index is 0.00000241. The molecule has 4 aromatic heterocycles. The second-order valence-electron chi connectivity index (χ2n) is 8.21. The van der Waals surface area contributed by atoms with E-state index in [0.717, 1.165) is 18.4 Å². The Hall–Kier alpha value is -2.96. The minimum absolute atomic E-state index is 0. The fourth-order valence-corrected chi connectivity index (χ4v) is 4.33. The quantitative estimate of drug-likeness (QED) is 0.464. The molecule has 2 aliphatic rings. The van der Waals surface area contributed by atoms with Crippen molar-refractivity contribution in [2.24, 2.45) is 0 Å². The molecule has 1 saturated heterocycles. The van der Waals surface area contributed by atoms with Gasteiger partial charge in [-0.05, 0) is 12.5 Å². The van der Waals surface area contributed by atoms with Crippen molar-refractivity contribution in [1.29, 1.82) is 0 Å². The third-order valence-electron chi connectivity index (χ3n) is 6.13. The summed E-state index contributed by atoms with van der Waals surface area (Å²) in [6, 6.07) is 1.43. The summed E-state index contributed by atoms with van der Waals surface area (Å²) in [5.41, 5.74) is 1.09. The number of nitrogens with one attached hydrogen (secondary N) is 1. The van der Waals surface area contributed by atoms with E-state index in [1.54, 1.807) is 7.11 Å². The number of alkyl halides is 3. The number of nitrogens with zero attached hydrogens (tertiary/aromatic N) is 6. The van der Waals surface area contributed by atoms with Crippen molar-refractivity contribution in [1.82, 2.24) is 29.5 Å². The highest BCUT2D eigenvalue weighted by molar-refractivity contribution is 5.89. The van der Waals surface area contributed by atoms with Gasteiger partial charge in [-0.3, -0.25) is 0 Å². The molecule has 13 heteroatoms. The SMILES string of the molecule is COC1CN(c2nc(-c3cnc4[nH]cc(C(F)(F)F)c4c3)nc3c2nc2n3CCCOC2)C1.Cl. The summed E-state index contributed by atoms with van der Waals surface area (Å²) in [6.45, 7) is 2.99. The number of halogens is 4. The Bertz CT molecular complexity index is 1360. The van der Waals surface area contributed by atoms with Gasteiger partial charge < -0.3 is 23.9 Å². The molecule has 9 nitrogen and oxygen atoms in total. The Kier molecular flexibility index (Phi) is 5.61. The van der Waals surface area contributed by atoms with E-state index in [4.69, 9.17) is 24.4 Å². The zero-order chi connectivity index (χ0) is 22.7. The fraction of sp³-hybridized carbons (Fsp3) is 0.429. The second kappa shape index (κ2) is 8.36. The van der Waals surface area contributed by atoms with Gasteiger partial charge in [0.25, 0.3) is 0 Å². The average Bonchev–Trinajstić information content (AvgIpc) is 3.26. The number of aromatic amines is 1. The number of anilines is 1. The van der Waals surface area contributed by atoms with Gasteiger partial charge in [-0.25, -0.2) is 19.9 Å². The molecule has 0 bridgehead atoms. The molecular weight excluding hydrogens is 475 g/mol. The van der Waals surface area contributed by atoms with E-state index < -0.39 is 11.7 Å². The highest BCUT2D eigenvalue weighted by Crippen LogP contribution is 2.36. The van der Waals surface area contributed by atoms with E-state index >= 15 is 0 Å². The predicted molar refractivity (Wildman–Crippen MR) is 120 cm³/mol. The number of pyridine rings is 1. The topological polar surface area (TPSA) is 94.0 Å². The zero-order valence-electron chi connectivity index (χ0n) is 18.1. The molecule has 1 fully saturated rings. The molecule has 0 saturated carbocycles. The largest absolute Gasteiger partial charge is 0.418 e. The standard InChI is InChI=1S/C21H20F3N7O2.ClH/c1-32-12-8-30(9-12)19-16-20(31-3-2-4-33-10-15(31)27-16)29-17(28-19)11-5-13-14(21(22,23)24)7-26-18(13)25-6-11;/h5-7,12H,2-4,8-10H2,1H3,(H,25,26);1H. The van der Waals surface area contributed by atoms with Crippen LogP contribution in [-0.2, 0) is 28.8 Å². The summed E-state index contributed by atoms with van der Waals surface area (Å²) in [4.78, 5) is 23.0. The van der Waals surface area contributed by atoms with Gasteiger partial charge in [-0.2, -0.15) is 13.2 Å². The summed E-state index contributed by atoms with van der Waals surface area (Å²) < 4.78 is 53.4. The molecule has 6 heterocycles. The Labute approximate surface area is 197 Å². The molecule has 0 aliphatic carbocycles. The second-order valence-corrected chi connectivity index (χ2v) is 8.21. The summed E-state index contributed by atoms with van der Waals surface area (Å²) in [5, 5.41) is -0.0193. The van der Waals surface area contributed by atoms with Gasteiger partial charge >= 0.3 is 6.18 Å². The van der Waals surface area contributed by atoms with Gasteiger partial charge in [0.2, 0.25) is 0 Å². The van der Waals surface area contributed by atoms with Crippen LogP contribution in [0.5, 0.6) is 0 Å². The van der Waals surface area contributed by atoms with Gasteiger partial charge in [0.15, 0.2) is 22.8 Å². The molecule has 0 unspecified atom stereocenters. The number of methoxy groups -OCH3 is 1. The molecule has 6 rings (SSSR count). The molecule has 180 valence electrons. The Morgan fingerprint density at radius 3 is 2.79 bits per heavy atom. The lowest BCUT2D eigenvalue weighted by Crippen LogP contribution is -2.52. The number of ether oxygens (including phenoxy) is 2. The van der Waals surface area contributed by atoms with E-state index in [0.29, 0.717) is 61.2 Å². The minimum Gasteiger partial charge on any atom is -0.378 e. The maximum absolute atomic E-state index is 13.5. The molecule has 0 aromatic carbocycles. The maximum atomic E-state index is 13.5. The van der Waals surface area contributed by atoms with Crippen LogP contribution in [0.4, 0.5) is 19.0 Å². The van der Waals surface area contributed by atoms with Crippen molar-refractivity contribution >= 4 is 40.4 Å². The summed E-state index contributed by atoms with van der Waals surface area (Å²) in [6.07, 6.45) is -1.17. The number of fused-ring (bicyclic) bond motifs is 4. The molecule has 4 aromatic rings. The monoisotopic (exact) mass is 495 g/mol. The van der Waals surface area contributed by atoms with Crippen molar-refractivity contribution in [3.63, 3.8) is 0 Å². The first-order valence-electron chi connectivity index (χ1n) is 10.6. The Morgan fingerprint density at radius 2 is 2.03 bits per heavy atom. The number of hydrogen-bond acceptors (Lipinski definition) is 7. The number of imidazole rings is 1. The molecule has 0 atom stereocenters. The van der Waals surface area contributed by atoms with Crippen LogP contribution < -0.4 is 4.90 Å². The number of aromatic nitrogens is 6. The smallest absolute Gasteiger partial charge is 0.378 e. The normalized spacial score (nSPS) is 16.9. The third-order valence-corrected chi connectivity index (χ3v) is 6.13. The molecule has 34 heavy (non-hydrogen) atoms. The Morgan fingerprint density at radius 1 is 1.21 bits per heavy atom. The van der Waals surface area contributed by atoms with Crippen LogP contribution in [0.2, 0.25) is 0 Å². The highest BCUT2D eigenvalue weighted by atomic mass is 35.5. The lowest BCUT2D eigenvalue weighted by atomic mass is 10.1. The van der Waals surface area contributed by atoms with Gasteiger partial charge in [0, 0.05) is 56.7 Å². The van der Waals surface area contributed by atoms with Crippen LogP contribution in [0.1, 0.15) is 17.8 Å². The van der Waals surface area contributed by atoms with Gasteiger partial charge in [-0.1, -0.05) is 0 Å². The summed E-state index contributed by atoms with van der Waals surface area (Å²) in [5.74, 6) is 1.70. The van der Waals surface area contributed by atoms with Gasteiger partial charge in [-0.15, -0.1) is 12.4 Å². The summed E-state index contributed by atoms with van der Waals surface area (Å²) in [7, 11) is 1.66. The number of H-pyrrole nitrogens is 1. The molecular formula is C21H21ClF3N7O2. The number of aryl methyl sites for hydroxylation is 1. The zero-order valence-corrected chi connectivity index (χ0v) is 18.9. The van der Waals surface area contributed by atoms with Gasteiger partial charge in [0.1, 0.15) is 18.1 Å². The van der Waals surface area contributed by atoms with E-state index in [2.05, 4.69) is 9.97 Å². The molecule has 0 spiro atoms. The maximum Gasteiger partial charge on any atom is 0.418 e. The summed E-state index contributed by atoms with van der Waals surface area (Å²) >= 11 is 0. The first kappa shape index (κ1) is 22.8. The van der Waals surface area contributed by atoms with Crippen molar-refractivity contribution in [2.75, 3.05) is 31.7 Å². The van der Waals surface area contributed by atoms with Crippen molar-refractivity contribution in [2.45, 2.75) is 31.9 Å². The van der Waals surface area contributed by atoms with Crippen LogP contribution in [-0.4, -0.2) is 62.4 Å². The van der Waals surface area contributed by atoms with Crippen LogP contribution in [0.15, 0.2) is 18.5 Å². The lowest BCUT2D eigenvalue weighted by molar-refractivity contribution is -0.136.